The van der Waals surface area contributed by atoms with Gasteiger partial charge in [-0.05, 0) is 60.7 Å². The first-order valence-corrected chi connectivity index (χ1v) is 12.8. The Bertz CT molecular complexity index is 1180. The minimum Gasteiger partial charge on any atom is -0.483 e. The zero-order chi connectivity index (χ0) is 26.1. The number of hydrogen-bond donors (Lipinski definition) is 1. The molecular formula is C29H32Cl2N2O3. The second-order valence-electron chi connectivity index (χ2n) is 8.81. The summed E-state index contributed by atoms with van der Waals surface area (Å²) < 4.78 is 5.93. The van der Waals surface area contributed by atoms with Crippen LogP contribution in [0.5, 0.6) is 5.75 Å². The van der Waals surface area contributed by atoms with E-state index in [1.54, 1.807) is 23.1 Å². The van der Waals surface area contributed by atoms with Crippen LogP contribution in [0.15, 0.2) is 66.7 Å². The number of hydrogen-bond acceptors (Lipinski definition) is 3. The van der Waals surface area contributed by atoms with Crippen molar-refractivity contribution < 1.29 is 14.3 Å². The maximum Gasteiger partial charge on any atom is 0.261 e. The third-order valence-electron chi connectivity index (χ3n) is 5.87. The second-order valence-corrected chi connectivity index (χ2v) is 9.66. The standard InChI is InChI=1S/C29H32Cl2N2O3/c1-4-14-32-29(35)26(16-22-8-6-5-7-9-22)33(18-23-12-13-24(30)17-25(23)31)28(34)19-36-27-15-20(2)10-11-21(27)3/h5-13,15,17,26H,4,14,16,18-19H2,1-3H3,(H,32,35)/t26-/m1/s1. The largest absolute Gasteiger partial charge is 0.483 e. The van der Waals surface area contributed by atoms with Crippen molar-refractivity contribution in [1.82, 2.24) is 10.2 Å². The van der Waals surface area contributed by atoms with Crippen molar-refractivity contribution in [2.75, 3.05) is 13.2 Å². The van der Waals surface area contributed by atoms with E-state index in [0.717, 1.165) is 23.1 Å². The van der Waals surface area contributed by atoms with Crippen LogP contribution < -0.4 is 10.1 Å². The third-order valence-corrected chi connectivity index (χ3v) is 6.46. The SMILES string of the molecule is CCCNC(=O)[C@@H](Cc1ccccc1)N(Cc1ccc(Cl)cc1Cl)C(=O)COc1cc(C)ccc1C. The summed E-state index contributed by atoms with van der Waals surface area (Å²) in [6.07, 6.45) is 1.15. The fourth-order valence-corrected chi connectivity index (χ4v) is 4.31. The van der Waals surface area contributed by atoms with E-state index in [-0.39, 0.29) is 25.0 Å². The number of rotatable bonds is 11. The van der Waals surface area contributed by atoms with Gasteiger partial charge in [0.1, 0.15) is 11.8 Å². The molecule has 0 saturated heterocycles. The summed E-state index contributed by atoms with van der Waals surface area (Å²) in [7, 11) is 0. The third kappa shape index (κ3) is 7.74. The minimum absolute atomic E-state index is 0.141. The van der Waals surface area contributed by atoms with Crippen LogP contribution >= 0.6 is 23.2 Å². The lowest BCUT2D eigenvalue weighted by Crippen LogP contribution is -2.51. The molecule has 1 N–H and O–H groups in total. The molecule has 3 rings (SSSR count). The van der Waals surface area contributed by atoms with Gasteiger partial charge in [-0.25, -0.2) is 0 Å². The van der Waals surface area contributed by atoms with Crippen LogP contribution in [0.25, 0.3) is 0 Å². The van der Waals surface area contributed by atoms with Gasteiger partial charge in [0.05, 0.1) is 0 Å². The molecule has 0 saturated carbocycles. The average Bonchev–Trinajstić information content (AvgIpc) is 2.86. The molecule has 5 nitrogen and oxygen atoms in total. The van der Waals surface area contributed by atoms with Crippen molar-refractivity contribution in [3.05, 3.63) is 99.0 Å². The predicted octanol–water partition coefficient (Wildman–Crippen LogP) is 6.16. The quantitative estimate of drug-likeness (QED) is 0.325. The molecule has 1 atom stereocenters. The summed E-state index contributed by atoms with van der Waals surface area (Å²) in [6.45, 7) is 6.34. The number of carbonyl (C=O) groups is 2. The molecule has 0 aliphatic heterocycles. The highest BCUT2D eigenvalue weighted by Crippen LogP contribution is 2.25. The van der Waals surface area contributed by atoms with Gasteiger partial charge in [0, 0.05) is 29.6 Å². The Labute approximate surface area is 223 Å². The van der Waals surface area contributed by atoms with E-state index in [4.69, 9.17) is 27.9 Å². The van der Waals surface area contributed by atoms with Crippen molar-refractivity contribution >= 4 is 35.0 Å². The van der Waals surface area contributed by atoms with Gasteiger partial charge in [-0.2, -0.15) is 0 Å². The molecule has 7 heteroatoms. The number of amides is 2. The Morgan fingerprint density at radius 1 is 1.00 bits per heavy atom. The summed E-state index contributed by atoms with van der Waals surface area (Å²) in [5.74, 6) is 0.114. The van der Waals surface area contributed by atoms with E-state index in [9.17, 15) is 9.59 Å². The van der Waals surface area contributed by atoms with Gasteiger partial charge in [0.25, 0.3) is 5.91 Å². The van der Waals surface area contributed by atoms with Crippen molar-refractivity contribution in [3.63, 3.8) is 0 Å². The van der Waals surface area contributed by atoms with E-state index in [1.165, 1.54) is 0 Å². The monoisotopic (exact) mass is 526 g/mol. The normalized spacial score (nSPS) is 11.6. The van der Waals surface area contributed by atoms with E-state index < -0.39 is 6.04 Å². The summed E-state index contributed by atoms with van der Waals surface area (Å²) in [5.41, 5.74) is 3.61. The van der Waals surface area contributed by atoms with E-state index in [2.05, 4.69) is 5.32 Å². The lowest BCUT2D eigenvalue weighted by atomic mass is 10.0. The molecule has 3 aromatic carbocycles. The molecular weight excluding hydrogens is 495 g/mol. The fraction of sp³-hybridized carbons (Fsp3) is 0.310. The molecule has 2 amide bonds. The summed E-state index contributed by atoms with van der Waals surface area (Å²) in [6, 6.07) is 19.9. The van der Waals surface area contributed by atoms with Gasteiger partial charge in [-0.3, -0.25) is 9.59 Å². The Kier molecular flexibility index (Phi) is 10.2. The van der Waals surface area contributed by atoms with Crippen LogP contribution in [-0.4, -0.2) is 35.9 Å². The maximum absolute atomic E-state index is 13.7. The smallest absolute Gasteiger partial charge is 0.261 e. The van der Waals surface area contributed by atoms with Crippen LogP contribution in [0, 0.1) is 13.8 Å². The number of nitrogens with zero attached hydrogens (tertiary/aromatic N) is 1. The van der Waals surface area contributed by atoms with E-state index in [0.29, 0.717) is 34.3 Å². The zero-order valence-corrected chi connectivity index (χ0v) is 22.4. The molecule has 0 spiro atoms. The Balaban J connectivity index is 1.94. The van der Waals surface area contributed by atoms with Crippen molar-refractivity contribution in [2.45, 2.75) is 46.2 Å². The number of nitrogens with one attached hydrogen (secondary N) is 1. The predicted molar refractivity (Wildman–Crippen MR) is 146 cm³/mol. The maximum atomic E-state index is 13.7. The molecule has 0 aliphatic rings. The molecule has 36 heavy (non-hydrogen) atoms. The molecule has 0 unspecified atom stereocenters. The van der Waals surface area contributed by atoms with Crippen LogP contribution in [-0.2, 0) is 22.6 Å². The molecule has 0 radical (unpaired) electrons. The van der Waals surface area contributed by atoms with Crippen LogP contribution in [0.1, 0.15) is 35.6 Å². The lowest BCUT2D eigenvalue weighted by molar-refractivity contribution is -0.142. The van der Waals surface area contributed by atoms with Gasteiger partial charge >= 0.3 is 0 Å². The molecule has 3 aromatic rings. The van der Waals surface area contributed by atoms with Crippen LogP contribution in [0.3, 0.4) is 0 Å². The van der Waals surface area contributed by atoms with Crippen molar-refractivity contribution in [3.8, 4) is 5.75 Å². The first-order valence-electron chi connectivity index (χ1n) is 12.0. The lowest BCUT2D eigenvalue weighted by Gasteiger charge is -2.32. The Hall–Kier alpha value is -3.02. The topological polar surface area (TPSA) is 58.6 Å². The summed E-state index contributed by atoms with van der Waals surface area (Å²) in [4.78, 5) is 28.6. The van der Waals surface area contributed by atoms with Gasteiger partial charge in [-0.15, -0.1) is 0 Å². The second kappa shape index (κ2) is 13.3. The molecule has 0 aliphatic carbocycles. The van der Waals surface area contributed by atoms with Gasteiger partial charge in [0.15, 0.2) is 6.61 Å². The van der Waals surface area contributed by atoms with E-state index in [1.807, 2.05) is 69.3 Å². The van der Waals surface area contributed by atoms with Gasteiger partial charge in [-0.1, -0.05) is 78.7 Å². The average molecular weight is 527 g/mol. The molecule has 0 aromatic heterocycles. The number of ether oxygens (including phenoxy) is 1. The number of aryl methyl sites for hydroxylation is 2. The van der Waals surface area contributed by atoms with Crippen LogP contribution in [0.4, 0.5) is 0 Å². The number of benzene rings is 3. The van der Waals surface area contributed by atoms with Gasteiger partial charge in [0.2, 0.25) is 5.91 Å². The highest BCUT2D eigenvalue weighted by molar-refractivity contribution is 6.35. The van der Waals surface area contributed by atoms with Crippen LogP contribution in [0.2, 0.25) is 10.0 Å². The Morgan fingerprint density at radius 3 is 2.44 bits per heavy atom. The number of halogens is 2. The summed E-state index contributed by atoms with van der Waals surface area (Å²) in [5, 5.41) is 3.89. The molecule has 0 fully saturated rings. The fourth-order valence-electron chi connectivity index (χ4n) is 3.84. The van der Waals surface area contributed by atoms with E-state index >= 15 is 0 Å². The zero-order valence-electron chi connectivity index (χ0n) is 20.9. The minimum atomic E-state index is -0.750. The molecule has 0 heterocycles. The highest BCUT2D eigenvalue weighted by atomic mass is 35.5. The number of carbonyl (C=O) groups excluding carboxylic acids is 2. The molecule has 0 bridgehead atoms. The van der Waals surface area contributed by atoms with Gasteiger partial charge < -0.3 is 15.0 Å². The first kappa shape index (κ1) is 27.6. The van der Waals surface area contributed by atoms with Crippen molar-refractivity contribution in [1.29, 1.82) is 0 Å². The summed E-state index contributed by atoms with van der Waals surface area (Å²) >= 11 is 12.6. The molecule has 190 valence electrons. The van der Waals surface area contributed by atoms with Crippen molar-refractivity contribution in [2.24, 2.45) is 0 Å². The highest BCUT2D eigenvalue weighted by Gasteiger charge is 2.31. The Morgan fingerprint density at radius 2 is 1.75 bits per heavy atom. The first-order chi connectivity index (χ1) is 17.3.